The molecule has 0 bridgehead atoms. The van der Waals surface area contributed by atoms with Crippen molar-refractivity contribution < 1.29 is 17.6 Å². The van der Waals surface area contributed by atoms with Crippen LogP contribution < -0.4 is 0 Å². The predicted molar refractivity (Wildman–Crippen MR) is 118 cm³/mol. The Bertz CT molecular complexity index is 1120. The molecule has 3 aromatic carbocycles. The molecule has 0 heterocycles. The smallest absolute Gasteiger partial charge is 0.243 e. The molecule has 0 fully saturated rings. The molecule has 1 amide bonds. The van der Waals surface area contributed by atoms with Crippen LogP contribution >= 0.6 is 0 Å². The zero-order chi connectivity index (χ0) is 22.4. The Hall–Kier alpha value is -3.03. The average molecular weight is 441 g/mol. The highest BCUT2D eigenvalue weighted by Gasteiger charge is 2.28. The first kappa shape index (κ1) is 22.7. The van der Waals surface area contributed by atoms with Crippen LogP contribution in [0.1, 0.15) is 16.7 Å². The Morgan fingerprint density at radius 2 is 1.42 bits per heavy atom. The standard InChI is InChI=1S/C24H25FN2O3S/c1-19-8-14-23(15-9-19)31(29,30)27(17-21-10-12-22(25)13-11-21)18-24(28)26(2)16-20-6-4-3-5-7-20/h3-15H,16-18H2,1-2H3. The summed E-state index contributed by atoms with van der Waals surface area (Å²) in [5.74, 6) is -0.739. The fourth-order valence-corrected chi connectivity index (χ4v) is 4.47. The Kier molecular flexibility index (Phi) is 7.20. The Morgan fingerprint density at radius 1 is 0.839 bits per heavy atom. The summed E-state index contributed by atoms with van der Waals surface area (Å²) in [7, 11) is -2.29. The molecule has 5 nitrogen and oxygen atoms in total. The third kappa shape index (κ3) is 5.99. The minimum atomic E-state index is -3.94. The predicted octanol–water partition coefficient (Wildman–Crippen LogP) is 3.98. The fraction of sp³-hybridized carbons (Fsp3) is 0.208. The number of carbonyl (C=O) groups excluding carboxylic acids is 1. The van der Waals surface area contributed by atoms with Crippen LogP contribution in [-0.4, -0.2) is 37.1 Å². The summed E-state index contributed by atoms with van der Waals surface area (Å²) in [6, 6.07) is 21.5. The third-order valence-electron chi connectivity index (χ3n) is 4.93. The van der Waals surface area contributed by atoms with E-state index in [-0.39, 0.29) is 23.9 Å². The van der Waals surface area contributed by atoms with E-state index in [1.807, 2.05) is 37.3 Å². The zero-order valence-electron chi connectivity index (χ0n) is 17.5. The van der Waals surface area contributed by atoms with Crippen molar-refractivity contribution in [1.29, 1.82) is 0 Å². The first-order chi connectivity index (χ1) is 14.8. The highest BCUT2D eigenvalue weighted by molar-refractivity contribution is 7.89. The minimum absolute atomic E-state index is 0.0403. The summed E-state index contributed by atoms with van der Waals surface area (Å²) < 4.78 is 41.0. The molecular weight excluding hydrogens is 415 g/mol. The van der Waals surface area contributed by atoms with Gasteiger partial charge in [0.25, 0.3) is 0 Å². The van der Waals surface area contributed by atoms with Gasteiger partial charge in [-0.3, -0.25) is 4.79 Å². The van der Waals surface area contributed by atoms with E-state index in [1.54, 1.807) is 19.2 Å². The molecule has 3 aromatic rings. The van der Waals surface area contributed by atoms with E-state index in [1.165, 1.54) is 41.3 Å². The first-order valence-corrected chi connectivity index (χ1v) is 11.3. The molecule has 0 unspecified atom stereocenters. The van der Waals surface area contributed by atoms with Crippen LogP contribution in [0.5, 0.6) is 0 Å². The van der Waals surface area contributed by atoms with E-state index in [9.17, 15) is 17.6 Å². The maximum absolute atomic E-state index is 13.3. The molecule has 7 heteroatoms. The maximum Gasteiger partial charge on any atom is 0.243 e. The SMILES string of the molecule is Cc1ccc(S(=O)(=O)N(CC(=O)N(C)Cc2ccccc2)Cc2ccc(F)cc2)cc1. The molecule has 0 spiro atoms. The average Bonchev–Trinajstić information content (AvgIpc) is 2.75. The van der Waals surface area contributed by atoms with Crippen molar-refractivity contribution in [3.05, 3.63) is 101 Å². The van der Waals surface area contributed by atoms with Gasteiger partial charge < -0.3 is 4.90 Å². The van der Waals surface area contributed by atoms with E-state index < -0.39 is 15.8 Å². The number of sulfonamides is 1. The molecule has 3 rings (SSSR count). The monoisotopic (exact) mass is 440 g/mol. The Balaban J connectivity index is 1.85. The van der Waals surface area contributed by atoms with E-state index in [0.717, 1.165) is 15.4 Å². The summed E-state index contributed by atoms with van der Waals surface area (Å²) in [6.45, 7) is 1.88. The molecule has 0 N–H and O–H groups in total. The number of hydrogen-bond acceptors (Lipinski definition) is 3. The van der Waals surface area contributed by atoms with Crippen LogP contribution in [0.15, 0.2) is 83.8 Å². The van der Waals surface area contributed by atoms with E-state index in [0.29, 0.717) is 12.1 Å². The molecule has 0 aliphatic heterocycles. The summed E-state index contributed by atoms with van der Waals surface area (Å²) in [5.41, 5.74) is 2.48. The van der Waals surface area contributed by atoms with Crippen LogP contribution in [-0.2, 0) is 27.9 Å². The molecule has 0 saturated heterocycles. The number of aryl methyl sites for hydroxylation is 1. The van der Waals surface area contributed by atoms with Gasteiger partial charge in [0, 0.05) is 20.1 Å². The van der Waals surface area contributed by atoms with Gasteiger partial charge in [0.15, 0.2) is 0 Å². The van der Waals surface area contributed by atoms with Crippen LogP contribution in [0.3, 0.4) is 0 Å². The van der Waals surface area contributed by atoms with Gasteiger partial charge >= 0.3 is 0 Å². The number of benzene rings is 3. The van der Waals surface area contributed by atoms with Gasteiger partial charge in [-0.05, 0) is 42.3 Å². The largest absolute Gasteiger partial charge is 0.340 e. The summed E-state index contributed by atoms with van der Waals surface area (Å²) >= 11 is 0. The minimum Gasteiger partial charge on any atom is -0.340 e. The number of amides is 1. The van der Waals surface area contributed by atoms with Gasteiger partial charge in [0.05, 0.1) is 11.4 Å². The zero-order valence-corrected chi connectivity index (χ0v) is 18.3. The molecule has 0 atom stereocenters. The van der Waals surface area contributed by atoms with Crippen LogP contribution in [0.4, 0.5) is 4.39 Å². The van der Waals surface area contributed by atoms with E-state index >= 15 is 0 Å². The molecule has 0 radical (unpaired) electrons. The quantitative estimate of drug-likeness (QED) is 0.532. The Labute approximate surface area is 182 Å². The number of rotatable bonds is 8. The lowest BCUT2D eigenvalue weighted by Gasteiger charge is -2.25. The van der Waals surface area contributed by atoms with Crippen molar-refractivity contribution in [2.75, 3.05) is 13.6 Å². The highest BCUT2D eigenvalue weighted by atomic mass is 32.2. The number of halogens is 1. The van der Waals surface area contributed by atoms with Gasteiger partial charge in [0.2, 0.25) is 15.9 Å². The van der Waals surface area contributed by atoms with Crippen LogP contribution in [0, 0.1) is 12.7 Å². The number of likely N-dealkylation sites (N-methyl/N-ethyl adjacent to an activating group) is 1. The van der Waals surface area contributed by atoms with Gasteiger partial charge in [-0.2, -0.15) is 4.31 Å². The van der Waals surface area contributed by atoms with Gasteiger partial charge in [0.1, 0.15) is 5.82 Å². The molecule has 0 aliphatic carbocycles. The fourth-order valence-electron chi connectivity index (χ4n) is 3.10. The van der Waals surface area contributed by atoms with Crippen LogP contribution in [0.2, 0.25) is 0 Å². The maximum atomic E-state index is 13.3. The van der Waals surface area contributed by atoms with Gasteiger partial charge in [-0.25, -0.2) is 12.8 Å². The van der Waals surface area contributed by atoms with Crippen molar-refractivity contribution in [1.82, 2.24) is 9.21 Å². The third-order valence-corrected chi connectivity index (χ3v) is 6.74. The van der Waals surface area contributed by atoms with Crippen molar-refractivity contribution >= 4 is 15.9 Å². The Morgan fingerprint density at radius 3 is 2.03 bits per heavy atom. The number of carbonyl (C=O) groups is 1. The lowest BCUT2D eigenvalue weighted by atomic mass is 10.2. The lowest BCUT2D eigenvalue weighted by molar-refractivity contribution is -0.130. The molecule has 162 valence electrons. The van der Waals surface area contributed by atoms with Crippen molar-refractivity contribution in [3.63, 3.8) is 0 Å². The molecule has 0 aromatic heterocycles. The normalized spacial score (nSPS) is 11.5. The molecule has 0 saturated carbocycles. The van der Waals surface area contributed by atoms with Crippen molar-refractivity contribution in [2.24, 2.45) is 0 Å². The van der Waals surface area contributed by atoms with Crippen LogP contribution in [0.25, 0.3) is 0 Å². The second-order valence-corrected chi connectivity index (χ2v) is 9.39. The molecule has 31 heavy (non-hydrogen) atoms. The van der Waals surface area contributed by atoms with Crippen molar-refractivity contribution in [2.45, 2.75) is 24.9 Å². The lowest BCUT2D eigenvalue weighted by Crippen LogP contribution is -2.40. The molecular formula is C24H25FN2O3S. The van der Waals surface area contributed by atoms with Crippen molar-refractivity contribution in [3.8, 4) is 0 Å². The van der Waals surface area contributed by atoms with E-state index in [4.69, 9.17) is 0 Å². The second-order valence-electron chi connectivity index (χ2n) is 7.45. The van der Waals surface area contributed by atoms with Gasteiger partial charge in [-0.1, -0.05) is 60.2 Å². The first-order valence-electron chi connectivity index (χ1n) is 9.85. The number of nitrogens with zero attached hydrogens (tertiary/aromatic N) is 2. The summed E-state index contributed by atoms with van der Waals surface area (Å²) in [5, 5.41) is 0. The summed E-state index contributed by atoms with van der Waals surface area (Å²) in [6.07, 6.45) is 0. The highest BCUT2D eigenvalue weighted by Crippen LogP contribution is 2.20. The van der Waals surface area contributed by atoms with Gasteiger partial charge in [-0.15, -0.1) is 0 Å². The summed E-state index contributed by atoms with van der Waals surface area (Å²) in [4.78, 5) is 14.5. The molecule has 0 aliphatic rings. The van der Waals surface area contributed by atoms with E-state index in [2.05, 4.69) is 0 Å². The second kappa shape index (κ2) is 9.85. The number of hydrogen-bond donors (Lipinski definition) is 0. The topological polar surface area (TPSA) is 57.7 Å².